The van der Waals surface area contributed by atoms with Gasteiger partial charge in [-0.1, -0.05) is 15.9 Å². The number of hydrogen-bond donors (Lipinski definition) is 1. The summed E-state index contributed by atoms with van der Waals surface area (Å²) < 4.78 is 18.0. The number of ether oxygens (including phenoxy) is 1. The van der Waals surface area contributed by atoms with E-state index in [-0.39, 0.29) is 5.25 Å². The Bertz CT molecular complexity index is 342. The zero-order chi connectivity index (χ0) is 12.0. The minimum absolute atomic E-state index is 0.0357. The summed E-state index contributed by atoms with van der Waals surface area (Å²) in [5.74, 6) is 1.31. The molecule has 90 valence electrons. The van der Waals surface area contributed by atoms with Crippen molar-refractivity contribution in [2.45, 2.75) is 12.2 Å². The first-order valence-electron chi connectivity index (χ1n) is 5.09. The van der Waals surface area contributed by atoms with Crippen LogP contribution in [-0.4, -0.2) is 28.4 Å². The van der Waals surface area contributed by atoms with Gasteiger partial charge in [-0.3, -0.25) is 4.21 Å². The summed E-state index contributed by atoms with van der Waals surface area (Å²) in [6.45, 7) is 2.79. The number of nitrogens with two attached hydrogens (primary N) is 1. The molecule has 0 aromatic heterocycles. The van der Waals surface area contributed by atoms with Crippen molar-refractivity contribution in [3.63, 3.8) is 0 Å². The molecule has 5 heteroatoms. The fourth-order valence-corrected chi connectivity index (χ4v) is 2.21. The molecule has 2 unspecified atom stereocenters. The van der Waals surface area contributed by atoms with Crippen LogP contribution in [0.3, 0.4) is 0 Å². The normalized spacial score (nSPS) is 14.4. The molecule has 0 spiro atoms. The molecule has 1 aromatic rings. The highest BCUT2D eigenvalue weighted by Gasteiger charge is 2.08. The lowest BCUT2D eigenvalue weighted by molar-refractivity contribution is 0.342. The first-order chi connectivity index (χ1) is 7.63. The molecule has 0 bridgehead atoms. The molecule has 0 aliphatic heterocycles. The molecule has 16 heavy (non-hydrogen) atoms. The van der Waals surface area contributed by atoms with Crippen LogP contribution in [0.1, 0.15) is 6.92 Å². The summed E-state index contributed by atoms with van der Waals surface area (Å²) in [6.07, 6.45) is 0. The molecule has 0 amide bonds. The van der Waals surface area contributed by atoms with Crippen molar-refractivity contribution in [1.29, 1.82) is 0 Å². The first-order valence-corrected chi connectivity index (χ1v) is 7.26. The lowest BCUT2D eigenvalue weighted by Gasteiger charge is -2.09. The van der Waals surface area contributed by atoms with Crippen LogP contribution >= 0.6 is 15.9 Å². The highest BCUT2D eigenvalue weighted by molar-refractivity contribution is 9.10. The molecule has 2 atom stereocenters. The quantitative estimate of drug-likeness (QED) is 0.873. The molecule has 3 nitrogen and oxygen atoms in total. The van der Waals surface area contributed by atoms with E-state index in [9.17, 15) is 4.21 Å². The molecule has 0 saturated heterocycles. The van der Waals surface area contributed by atoms with Gasteiger partial charge >= 0.3 is 0 Å². The second-order valence-corrected chi connectivity index (χ2v) is 6.32. The van der Waals surface area contributed by atoms with Gasteiger partial charge in [-0.05, 0) is 31.2 Å². The fourth-order valence-electron chi connectivity index (χ4n) is 1.08. The third kappa shape index (κ3) is 4.63. The maximum atomic E-state index is 11.6. The summed E-state index contributed by atoms with van der Waals surface area (Å²) in [4.78, 5) is 0. The predicted octanol–water partition coefficient (Wildman–Crippen LogP) is 1.92. The van der Waals surface area contributed by atoms with Gasteiger partial charge in [0.05, 0.1) is 12.4 Å². The molecule has 0 aliphatic rings. The maximum absolute atomic E-state index is 11.6. The minimum atomic E-state index is -0.902. The summed E-state index contributed by atoms with van der Waals surface area (Å²) in [5.41, 5.74) is 5.43. The van der Waals surface area contributed by atoms with Gasteiger partial charge in [0.25, 0.3) is 0 Å². The van der Waals surface area contributed by atoms with E-state index in [1.807, 2.05) is 31.2 Å². The van der Waals surface area contributed by atoms with Crippen LogP contribution in [0, 0.1) is 0 Å². The number of benzene rings is 1. The molecular formula is C11H16BrNO2S. The average Bonchev–Trinajstić information content (AvgIpc) is 2.30. The molecule has 0 heterocycles. The highest BCUT2D eigenvalue weighted by atomic mass is 79.9. The Balaban J connectivity index is 2.30. The zero-order valence-electron chi connectivity index (χ0n) is 9.19. The molecule has 0 radical (unpaired) electrons. The summed E-state index contributed by atoms with van der Waals surface area (Å²) >= 11 is 3.35. The van der Waals surface area contributed by atoms with Gasteiger partial charge in [-0.2, -0.15) is 0 Å². The Hall–Kier alpha value is -0.390. The van der Waals surface area contributed by atoms with E-state index in [0.29, 0.717) is 18.9 Å². The van der Waals surface area contributed by atoms with Gasteiger partial charge in [0, 0.05) is 27.1 Å². The summed E-state index contributed by atoms with van der Waals surface area (Å²) in [5, 5.41) is 0.0357. The fraction of sp³-hybridized carbons (Fsp3) is 0.455. The number of rotatable bonds is 6. The molecule has 0 aliphatic carbocycles. The van der Waals surface area contributed by atoms with Gasteiger partial charge in [-0.25, -0.2) is 0 Å². The largest absolute Gasteiger partial charge is 0.493 e. The lowest BCUT2D eigenvalue weighted by atomic mass is 10.3. The average molecular weight is 306 g/mol. The van der Waals surface area contributed by atoms with Crippen molar-refractivity contribution in [3.8, 4) is 5.75 Å². The zero-order valence-corrected chi connectivity index (χ0v) is 11.6. The van der Waals surface area contributed by atoms with Gasteiger partial charge < -0.3 is 10.5 Å². The smallest absolute Gasteiger partial charge is 0.119 e. The van der Waals surface area contributed by atoms with E-state index in [2.05, 4.69) is 15.9 Å². The Morgan fingerprint density at radius 1 is 1.44 bits per heavy atom. The van der Waals surface area contributed by atoms with Crippen molar-refractivity contribution in [3.05, 3.63) is 28.7 Å². The molecule has 0 fully saturated rings. The number of halogens is 1. The van der Waals surface area contributed by atoms with Crippen LogP contribution in [0.25, 0.3) is 0 Å². The first kappa shape index (κ1) is 13.7. The van der Waals surface area contributed by atoms with Gasteiger partial charge in [0.2, 0.25) is 0 Å². The van der Waals surface area contributed by atoms with Gasteiger partial charge in [-0.15, -0.1) is 0 Å². The van der Waals surface area contributed by atoms with Crippen LogP contribution in [0.15, 0.2) is 28.7 Å². The van der Waals surface area contributed by atoms with Crippen LogP contribution in [0.4, 0.5) is 0 Å². The van der Waals surface area contributed by atoms with Crippen molar-refractivity contribution < 1.29 is 8.95 Å². The molecule has 1 aromatic carbocycles. The minimum Gasteiger partial charge on any atom is -0.493 e. The molecule has 0 saturated carbocycles. The number of hydrogen-bond acceptors (Lipinski definition) is 3. The third-order valence-electron chi connectivity index (χ3n) is 2.15. The van der Waals surface area contributed by atoms with Crippen molar-refractivity contribution in [2.24, 2.45) is 5.73 Å². The van der Waals surface area contributed by atoms with Crippen molar-refractivity contribution in [2.75, 3.05) is 18.9 Å². The monoisotopic (exact) mass is 305 g/mol. The van der Waals surface area contributed by atoms with Crippen LogP contribution in [0.5, 0.6) is 5.75 Å². The Labute approximate surface area is 107 Å². The predicted molar refractivity (Wildman–Crippen MR) is 71.2 cm³/mol. The molecule has 1 rings (SSSR count). The lowest BCUT2D eigenvalue weighted by Crippen LogP contribution is -2.25. The maximum Gasteiger partial charge on any atom is 0.119 e. The second-order valence-electron chi connectivity index (χ2n) is 3.43. The van der Waals surface area contributed by atoms with Crippen LogP contribution in [-0.2, 0) is 10.8 Å². The Morgan fingerprint density at radius 2 is 2.06 bits per heavy atom. The third-order valence-corrected chi connectivity index (χ3v) is 4.34. The Kier molecular flexibility index (Phi) is 6.01. The van der Waals surface area contributed by atoms with E-state index < -0.39 is 10.8 Å². The molecule has 2 N–H and O–H groups in total. The summed E-state index contributed by atoms with van der Waals surface area (Å²) in [6, 6.07) is 7.57. The second kappa shape index (κ2) is 7.04. The van der Waals surface area contributed by atoms with E-state index in [0.717, 1.165) is 10.2 Å². The van der Waals surface area contributed by atoms with Gasteiger partial charge in [0.15, 0.2) is 0 Å². The SMILES string of the molecule is CC(CN)S(=O)CCOc1ccc(Br)cc1. The van der Waals surface area contributed by atoms with Crippen LogP contribution in [0.2, 0.25) is 0 Å². The van der Waals surface area contributed by atoms with E-state index in [1.165, 1.54) is 0 Å². The van der Waals surface area contributed by atoms with E-state index >= 15 is 0 Å². The summed E-state index contributed by atoms with van der Waals surface area (Å²) in [7, 11) is -0.902. The van der Waals surface area contributed by atoms with Crippen molar-refractivity contribution >= 4 is 26.7 Å². The van der Waals surface area contributed by atoms with E-state index in [1.54, 1.807) is 0 Å². The van der Waals surface area contributed by atoms with Crippen molar-refractivity contribution in [1.82, 2.24) is 0 Å². The molecular weight excluding hydrogens is 290 g/mol. The highest BCUT2D eigenvalue weighted by Crippen LogP contribution is 2.15. The van der Waals surface area contributed by atoms with Crippen LogP contribution < -0.4 is 10.5 Å². The standard InChI is InChI=1S/C11H16BrNO2S/c1-9(8-13)16(14)7-6-15-11-4-2-10(12)3-5-11/h2-5,9H,6-8,13H2,1H3. The van der Waals surface area contributed by atoms with E-state index in [4.69, 9.17) is 10.5 Å². The van der Waals surface area contributed by atoms with Gasteiger partial charge in [0.1, 0.15) is 5.75 Å². The Morgan fingerprint density at radius 3 is 2.62 bits per heavy atom. The topological polar surface area (TPSA) is 52.3 Å².